The van der Waals surface area contributed by atoms with Crippen molar-refractivity contribution in [3.63, 3.8) is 0 Å². The Balaban J connectivity index is 1.54. The van der Waals surface area contributed by atoms with Crippen LogP contribution in [-0.4, -0.2) is 16.8 Å². The van der Waals surface area contributed by atoms with Gasteiger partial charge in [-0.15, -0.1) is 0 Å². The van der Waals surface area contributed by atoms with Crippen LogP contribution in [0.15, 0.2) is 115 Å². The summed E-state index contributed by atoms with van der Waals surface area (Å²) in [5.41, 5.74) is 2.69. The summed E-state index contributed by atoms with van der Waals surface area (Å²) >= 11 is 6.00. The first-order valence-corrected chi connectivity index (χ1v) is 11.8. The number of anilines is 1. The number of aliphatic hydroxyl groups excluding tert-OH is 1. The number of carbonyl (C=O) groups is 2. The molecule has 1 aliphatic heterocycles. The highest BCUT2D eigenvalue weighted by atomic mass is 35.5. The molecule has 4 aromatic rings. The van der Waals surface area contributed by atoms with Crippen molar-refractivity contribution in [2.45, 2.75) is 12.6 Å². The molecule has 1 fully saturated rings. The van der Waals surface area contributed by atoms with Crippen molar-refractivity contribution in [3.8, 4) is 5.75 Å². The van der Waals surface area contributed by atoms with Crippen LogP contribution in [0.4, 0.5) is 5.69 Å². The van der Waals surface area contributed by atoms with E-state index in [0.717, 1.165) is 5.56 Å². The average Bonchev–Trinajstić information content (AvgIpc) is 3.19. The summed E-state index contributed by atoms with van der Waals surface area (Å²) in [4.78, 5) is 27.8. The summed E-state index contributed by atoms with van der Waals surface area (Å²) < 4.78 is 5.90. The highest BCUT2D eigenvalue weighted by molar-refractivity contribution is 6.51. The largest absolute Gasteiger partial charge is 0.507 e. The minimum Gasteiger partial charge on any atom is -0.507 e. The highest BCUT2D eigenvalue weighted by Gasteiger charge is 2.46. The third-order valence-electron chi connectivity index (χ3n) is 6.04. The van der Waals surface area contributed by atoms with Crippen molar-refractivity contribution in [2.75, 3.05) is 4.90 Å². The summed E-state index contributed by atoms with van der Waals surface area (Å²) in [6.45, 7) is 0.416. The molecule has 1 unspecified atom stereocenters. The molecular weight excluding hydrogens is 474 g/mol. The molecule has 178 valence electrons. The number of para-hydroxylation sites is 1. The maximum absolute atomic E-state index is 13.2. The van der Waals surface area contributed by atoms with E-state index in [0.29, 0.717) is 34.2 Å². The van der Waals surface area contributed by atoms with Crippen molar-refractivity contribution in [2.24, 2.45) is 0 Å². The van der Waals surface area contributed by atoms with E-state index in [1.807, 2.05) is 48.5 Å². The number of ketones is 1. The first-order chi connectivity index (χ1) is 17.5. The van der Waals surface area contributed by atoms with E-state index in [9.17, 15) is 14.7 Å². The van der Waals surface area contributed by atoms with Gasteiger partial charge in [0.15, 0.2) is 0 Å². The molecule has 0 radical (unpaired) electrons. The monoisotopic (exact) mass is 495 g/mol. The molecule has 5 nitrogen and oxygen atoms in total. The Labute approximate surface area is 213 Å². The Bertz CT molecular complexity index is 1420. The SMILES string of the molecule is O=C1C(=O)N(c2ccccc2)C(c2ccc(OCc3ccccc3)cc2)/C1=C(/O)c1ccc(Cl)cc1. The van der Waals surface area contributed by atoms with Gasteiger partial charge in [0.2, 0.25) is 0 Å². The molecule has 0 aliphatic carbocycles. The Morgan fingerprint density at radius 1 is 0.806 bits per heavy atom. The van der Waals surface area contributed by atoms with Crippen molar-refractivity contribution in [1.82, 2.24) is 0 Å². The molecule has 1 saturated heterocycles. The van der Waals surface area contributed by atoms with Crippen LogP contribution in [0.2, 0.25) is 5.02 Å². The van der Waals surface area contributed by atoms with E-state index in [4.69, 9.17) is 16.3 Å². The molecule has 1 aliphatic rings. The number of amides is 1. The Hall–Kier alpha value is -4.35. The van der Waals surface area contributed by atoms with E-state index in [-0.39, 0.29) is 11.3 Å². The topological polar surface area (TPSA) is 66.8 Å². The summed E-state index contributed by atoms with van der Waals surface area (Å²) in [5, 5.41) is 11.7. The number of Topliss-reactive ketones (excluding diaryl/α,β-unsaturated/α-hetero) is 1. The zero-order valence-corrected chi connectivity index (χ0v) is 19.9. The average molecular weight is 496 g/mol. The van der Waals surface area contributed by atoms with E-state index < -0.39 is 17.7 Å². The van der Waals surface area contributed by atoms with Crippen LogP contribution in [0.5, 0.6) is 5.75 Å². The van der Waals surface area contributed by atoms with Gasteiger partial charge >= 0.3 is 0 Å². The van der Waals surface area contributed by atoms with Crippen LogP contribution in [0.3, 0.4) is 0 Å². The first kappa shape index (κ1) is 23.4. The van der Waals surface area contributed by atoms with Gasteiger partial charge < -0.3 is 9.84 Å². The molecule has 1 N–H and O–H groups in total. The lowest BCUT2D eigenvalue weighted by molar-refractivity contribution is -0.132. The van der Waals surface area contributed by atoms with Gasteiger partial charge in [-0.3, -0.25) is 14.5 Å². The maximum Gasteiger partial charge on any atom is 0.300 e. The standard InChI is InChI=1S/C30H22ClNO4/c31-23-15-11-22(12-16-23)28(33)26-27(32(30(35)29(26)34)24-9-5-2-6-10-24)21-13-17-25(18-14-21)36-19-20-7-3-1-4-8-20/h1-18,27,33H,19H2/b28-26-. The molecule has 0 saturated carbocycles. The quantitative estimate of drug-likeness (QED) is 0.187. The molecule has 6 heteroatoms. The summed E-state index contributed by atoms with van der Waals surface area (Å²) in [6, 6.07) is 31.7. The van der Waals surface area contributed by atoms with Gasteiger partial charge in [-0.05, 0) is 59.7 Å². The van der Waals surface area contributed by atoms with Gasteiger partial charge in [-0.25, -0.2) is 0 Å². The van der Waals surface area contributed by atoms with E-state index in [2.05, 4.69) is 0 Å². The fourth-order valence-corrected chi connectivity index (χ4v) is 4.38. The molecular formula is C30H22ClNO4. The fourth-order valence-electron chi connectivity index (χ4n) is 4.25. The predicted octanol–water partition coefficient (Wildman–Crippen LogP) is 6.55. The van der Waals surface area contributed by atoms with E-state index in [1.54, 1.807) is 60.7 Å². The Morgan fingerprint density at radius 3 is 2.06 bits per heavy atom. The fraction of sp³-hybridized carbons (Fsp3) is 0.0667. The molecule has 1 amide bonds. The number of halogens is 1. The lowest BCUT2D eigenvalue weighted by Gasteiger charge is -2.25. The Kier molecular flexibility index (Phi) is 6.56. The number of benzene rings is 4. The molecule has 4 aromatic carbocycles. The van der Waals surface area contributed by atoms with Gasteiger partial charge in [0.25, 0.3) is 11.7 Å². The number of nitrogens with zero attached hydrogens (tertiary/aromatic N) is 1. The number of aliphatic hydroxyl groups is 1. The van der Waals surface area contributed by atoms with Crippen molar-refractivity contribution in [3.05, 3.63) is 136 Å². The zero-order chi connectivity index (χ0) is 25.1. The zero-order valence-electron chi connectivity index (χ0n) is 19.2. The van der Waals surface area contributed by atoms with E-state index >= 15 is 0 Å². The third kappa shape index (κ3) is 4.61. The molecule has 0 bridgehead atoms. The second kappa shape index (κ2) is 10.1. The summed E-state index contributed by atoms with van der Waals surface area (Å²) in [7, 11) is 0. The summed E-state index contributed by atoms with van der Waals surface area (Å²) in [6.07, 6.45) is 0. The van der Waals surface area contributed by atoms with Gasteiger partial charge in [-0.1, -0.05) is 72.3 Å². The second-order valence-corrected chi connectivity index (χ2v) is 8.79. The second-order valence-electron chi connectivity index (χ2n) is 8.35. The van der Waals surface area contributed by atoms with Gasteiger partial charge in [0.1, 0.15) is 18.1 Å². The van der Waals surface area contributed by atoms with Crippen LogP contribution in [0.1, 0.15) is 22.7 Å². The van der Waals surface area contributed by atoms with E-state index in [1.165, 1.54) is 4.90 Å². The molecule has 0 aromatic heterocycles. The van der Waals surface area contributed by atoms with Gasteiger partial charge in [0.05, 0.1) is 11.6 Å². The van der Waals surface area contributed by atoms with Crippen molar-refractivity contribution >= 4 is 34.7 Å². The van der Waals surface area contributed by atoms with Crippen LogP contribution >= 0.6 is 11.6 Å². The van der Waals surface area contributed by atoms with Crippen molar-refractivity contribution in [1.29, 1.82) is 0 Å². The highest BCUT2D eigenvalue weighted by Crippen LogP contribution is 2.42. The third-order valence-corrected chi connectivity index (χ3v) is 6.29. The number of hydrogen-bond acceptors (Lipinski definition) is 4. The summed E-state index contributed by atoms with van der Waals surface area (Å²) in [5.74, 6) is -1.05. The van der Waals surface area contributed by atoms with Crippen LogP contribution in [0.25, 0.3) is 5.76 Å². The van der Waals surface area contributed by atoms with Crippen LogP contribution in [-0.2, 0) is 16.2 Å². The predicted molar refractivity (Wildman–Crippen MR) is 140 cm³/mol. The molecule has 1 heterocycles. The minimum atomic E-state index is -0.814. The number of carbonyl (C=O) groups excluding carboxylic acids is 2. The lowest BCUT2D eigenvalue weighted by atomic mass is 9.95. The van der Waals surface area contributed by atoms with Crippen LogP contribution < -0.4 is 9.64 Å². The maximum atomic E-state index is 13.2. The minimum absolute atomic E-state index is 0.0177. The molecule has 0 spiro atoms. The smallest absolute Gasteiger partial charge is 0.300 e. The number of hydrogen-bond donors (Lipinski definition) is 1. The van der Waals surface area contributed by atoms with Crippen molar-refractivity contribution < 1.29 is 19.4 Å². The number of ether oxygens (including phenoxy) is 1. The van der Waals surface area contributed by atoms with Gasteiger partial charge in [-0.2, -0.15) is 0 Å². The number of rotatable bonds is 6. The first-order valence-electron chi connectivity index (χ1n) is 11.4. The molecule has 36 heavy (non-hydrogen) atoms. The molecule has 5 rings (SSSR count). The lowest BCUT2D eigenvalue weighted by Crippen LogP contribution is -2.29. The normalized spacial score (nSPS) is 16.8. The Morgan fingerprint density at radius 2 is 1.42 bits per heavy atom. The molecule has 1 atom stereocenters. The van der Waals surface area contributed by atoms with Crippen LogP contribution in [0, 0.1) is 0 Å². The van der Waals surface area contributed by atoms with Gasteiger partial charge in [0, 0.05) is 16.3 Å².